The molecule has 0 saturated carbocycles. The summed E-state index contributed by atoms with van der Waals surface area (Å²) in [6, 6.07) is 1.33. The Hall–Kier alpha value is -2.15. The maximum absolute atomic E-state index is 12.5. The van der Waals surface area contributed by atoms with Crippen LogP contribution in [-0.2, 0) is 4.79 Å². The van der Waals surface area contributed by atoms with Gasteiger partial charge in [0.15, 0.2) is 0 Å². The molecule has 0 spiro atoms. The van der Waals surface area contributed by atoms with Crippen molar-refractivity contribution in [1.29, 1.82) is 0 Å². The first-order chi connectivity index (χ1) is 9.59. The van der Waals surface area contributed by atoms with Gasteiger partial charge < -0.3 is 21.1 Å². The van der Waals surface area contributed by atoms with Crippen molar-refractivity contribution in [1.82, 2.24) is 15.2 Å². The lowest BCUT2D eigenvalue weighted by atomic mass is 10.0. The minimum absolute atomic E-state index is 0.101. The lowest BCUT2D eigenvalue weighted by Crippen LogP contribution is -2.51. The van der Waals surface area contributed by atoms with Gasteiger partial charge in [0, 0.05) is 18.8 Å². The van der Waals surface area contributed by atoms with Gasteiger partial charge in [0.05, 0.1) is 18.3 Å². The molecular weight excluding hydrogens is 260 g/mol. The third-order valence-corrected chi connectivity index (χ3v) is 3.33. The number of nitrogens with one attached hydrogen (secondary N) is 1. The molecule has 1 aromatic rings. The van der Waals surface area contributed by atoms with Gasteiger partial charge in [0.25, 0.3) is 5.91 Å². The second-order valence-electron chi connectivity index (χ2n) is 4.79. The highest BCUT2D eigenvalue weighted by Crippen LogP contribution is 2.20. The van der Waals surface area contributed by atoms with Gasteiger partial charge in [-0.1, -0.05) is 0 Å². The number of hydrogen-bond donors (Lipinski definition) is 3. The monoisotopic (exact) mass is 278 g/mol. The van der Waals surface area contributed by atoms with Crippen molar-refractivity contribution < 1.29 is 14.7 Å². The first kappa shape index (κ1) is 14.3. The van der Waals surface area contributed by atoms with Gasteiger partial charge in [-0.2, -0.15) is 0 Å². The van der Waals surface area contributed by atoms with E-state index in [2.05, 4.69) is 10.3 Å². The van der Waals surface area contributed by atoms with Crippen molar-refractivity contribution >= 4 is 11.8 Å². The molecule has 4 N–H and O–H groups in total. The minimum Gasteiger partial charge on any atom is -0.505 e. The molecule has 0 aromatic carbocycles. The van der Waals surface area contributed by atoms with E-state index in [1.54, 1.807) is 0 Å². The fourth-order valence-corrected chi connectivity index (χ4v) is 2.36. The average molecular weight is 278 g/mol. The quantitative estimate of drug-likeness (QED) is 0.686. The van der Waals surface area contributed by atoms with Crippen molar-refractivity contribution in [3.8, 4) is 5.75 Å². The number of rotatable bonds is 4. The molecule has 2 amide bonds. The maximum Gasteiger partial charge on any atom is 0.258 e. The Balaban J connectivity index is 2.23. The normalized spacial score (nSPS) is 18.5. The summed E-state index contributed by atoms with van der Waals surface area (Å²) in [5.41, 5.74) is 5.36. The summed E-state index contributed by atoms with van der Waals surface area (Å²) >= 11 is 0. The minimum atomic E-state index is -0.572. The van der Waals surface area contributed by atoms with Crippen molar-refractivity contribution in [2.45, 2.75) is 18.9 Å². The number of aromatic nitrogens is 1. The fourth-order valence-electron chi connectivity index (χ4n) is 2.36. The predicted molar refractivity (Wildman–Crippen MR) is 72.0 cm³/mol. The number of carbonyl (C=O) groups is 2. The molecule has 0 aliphatic carbocycles. The summed E-state index contributed by atoms with van der Waals surface area (Å²) in [7, 11) is 0. The van der Waals surface area contributed by atoms with Crippen LogP contribution in [0.25, 0.3) is 0 Å². The van der Waals surface area contributed by atoms with E-state index in [0.29, 0.717) is 6.54 Å². The van der Waals surface area contributed by atoms with Crippen LogP contribution in [0, 0.1) is 0 Å². The summed E-state index contributed by atoms with van der Waals surface area (Å²) in [6.07, 6.45) is 4.36. The van der Waals surface area contributed by atoms with Crippen LogP contribution < -0.4 is 11.1 Å². The number of hydrogen-bond acceptors (Lipinski definition) is 5. The summed E-state index contributed by atoms with van der Waals surface area (Å²) < 4.78 is 0. The molecule has 1 unspecified atom stereocenters. The molecule has 0 bridgehead atoms. The van der Waals surface area contributed by atoms with E-state index in [4.69, 9.17) is 5.73 Å². The lowest BCUT2D eigenvalue weighted by molar-refractivity contribution is -0.119. The zero-order chi connectivity index (χ0) is 14.5. The van der Waals surface area contributed by atoms with Gasteiger partial charge >= 0.3 is 0 Å². The van der Waals surface area contributed by atoms with E-state index < -0.39 is 11.8 Å². The number of carbonyl (C=O) groups excluding carboxylic acids is 2. The molecule has 1 aromatic heterocycles. The molecule has 2 heterocycles. The molecule has 7 nitrogen and oxygen atoms in total. The summed E-state index contributed by atoms with van der Waals surface area (Å²) in [5.74, 6) is -1.18. The number of piperidine rings is 1. The summed E-state index contributed by atoms with van der Waals surface area (Å²) in [6.45, 7) is 1.35. The Morgan fingerprint density at radius 1 is 1.55 bits per heavy atom. The fraction of sp³-hybridized carbons (Fsp3) is 0.462. The third-order valence-electron chi connectivity index (χ3n) is 3.33. The Bertz CT molecular complexity index is 500. The molecule has 1 atom stereocenters. The lowest BCUT2D eigenvalue weighted by Gasteiger charge is -2.34. The number of nitrogens with two attached hydrogens (primary N) is 1. The number of aromatic hydroxyl groups is 1. The van der Waals surface area contributed by atoms with Crippen LogP contribution in [0.1, 0.15) is 23.2 Å². The Kier molecular flexibility index (Phi) is 4.52. The highest BCUT2D eigenvalue weighted by Gasteiger charge is 2.28. The first-order valence-electron chi connectivity index (χ1n) is 6.52. The zero-order valence-corrected chi connectivity index (χ0v) is 11.1. The van der Waals surface area contributed by atoms with Crippen LogP contribution >= 0.6 is 0 Å². The van der Waals surface area contributed by atoms with Gasteiger partial charge in [-0.3, -0.25) is 14.6 Å². The molecule has 2 rings (SSSR count). The van der Waals surface area contributed by atoms with E-state index >= 15 is 0 Å². The maximum atomic E-state index is 12.5. The molecule has 108 valence electrons. The van der Waals surface area contributed by atoms with Gasteiger partial charge in [-0.05, 0) is 25.5 Å². The van der Waals surface area contributed by atoms with E-state index in [1.165, 1.54) is 23.4 Å². The first-order valence-corrected chi connectivity index (χ1v) is 6.52. The molecule has 0 radical (unpaired) electrons. The highest BCUT2D eigenvalue weighted by atomic mass is 16.3. The largest absolute Gasteiger partial charge is 0.505 e. The second kappa shape index (κ2) is 6.33. The Morgan fingerprint density at radius 2 is 2.35 bits per heavy atom. The Morgan fingerprint density at radius 3 is 2.95 bits per heavy atom. The van der Waals surface area contributed by atoms with Gasteiger partial charge in [0.1, 0.15) is 5.75 Å². The van der Waals surface area contributed by atoms with Crippen LogP contribution in [0.5, 0.6) is 5.75 Å². The number of nitrogens with zero attached hydrogens (tertiary/aromatic N) is 2. The van der Waals surface area contributed by atoms with Crippen LogP contribution in [0.2, 0.25) is 0 Å². The summed E-state index contributed by atoms with van der Waals surface area (Å²) in [4.78, 5) is 28.9. The van der Waals surface area contributed by atoms with Crippen LogP contribution in [-0.4, -0.2) is 52.5 Å². The van der Waals surface area contributed by atoms with Crippen molar-refractivity contribution in [3.05, 3.63) is 24.0 Å². The predicted octanol–water partition coefficient (Wildman–Crippen LogP) is -0.533. The zero-order valence-electron chi connectivity index (χ0n) is 11.1. The summed E-state index contributed by atoms with van der Waals surface area (Å²) in [5, 5.41) is 12.9. The van der Waals surface area contributed by atoms with E-state index in [1.807, 2.05) is 0 Å². The molecule has 7 heteroatoms. The van der Waals surface area contributed by atoms with Crippen molar-refractivity contribution in [2.75, 3.05) is 19.6 Å². The molecule has 1 aliphatic rings. The van der Waals surface area contributed by atoms with Gasteiger partial charge in [0.2, 0.25) is 5.91 Å². The van der Waals surface area contributed by atoms with Crippen LogP contribution in [0.3, 0.4) is 0 Å². The Labute approximate surface area is 116 Å². The van der Waals surface area contributed by atoms with E-state index in [0.717, 1.165) is 19.4 Å². The van der Waals surface area contributed by atoms with Crippen LogP contribution in [0.15, 0.2) is 18.5 Å². The van der Waals surface area contributed by atoms with Gasteiger partial charge in [-0.25, -0.2) is 0 Å². The number of amides is 2. The van der Waals surface area contributed by atoms with Crippen LogP contribution in [0.4, 0.5) is 0 Å². The standard InChI is InChI=1S/C13H18N4O3/c14-12(19)8-17(9-2-1-4-15-6-9)13(20)10-3-5-16-7-11(10)18/h3,5,7,9,15,18H,1-2,4,6,8H2,(H2,14,19). The second-order valence-corrected chi connectivity index (χ2v) is 4.79. The molecular formula is C13H18N4O3. The highest BCUT2D eigenvalue weighted by molar-refractivity contribution is 5.98. The molecule has 20 heavy (non-hydrogen) atoms. The van der Waals surface area contributed by atoms with E-state index in [9.17, 15) is 14.7 Å². The van der Waals surface area contributed by atoms with Gasteiger partial charge in [-0.15, -0.1) is 0 Å². The average Bonchev–Trinajstić information content (AvgIpc) is 2.45. The molecule has 1 saturated heterocycles. The van der Waals surface area contributed by atoms with Crippen molar-refractivity contribution in [3.63, 3.8) is 0 Å². The van der Waals surface area contributed by atoms with Crippen molar-refractivity contribution in [2.24, 2.45) is 5.73 Å². The number of primary amides is 1. The number of pyridine rings is 1. The smallest absolute Gasteiger partial charge is 0.258 e. The van der Waals surface area contributed by atoms with E-state index in [-0.39, 0.29) is 23.9 Å². The molecule has 1 aliphatic heterocycles. The topological polar surface area (TPSA) is 109 Å². The molecule has 1 fully saturated rings. The third kappa shape index (κ3) is 3.24. The SMILES string of the molecule is NC(=O)CN(C(=O)c1ccncc1O)C1CCCNC1.